The molecule has 0 bridgehead atoms. The molecule has 15 heteroatoms. The topological polar surface area (TPSA) is 112 Å². The Morgan fingerprint density at radius 2 is 1.45 bits per heavy atom. The summed E-state index contributed by atoms with van der Waals surface area (Å²) in [5.41, 5.74) is 2.55. The van der Waals surface area contributed by atoms with Gasteiger partial charge in [0.25, 0.3) is 0 Å². The standard InChI is InChI=1S/C23H28N4O.2C2HF3O2/c1-18-8-9-20(28-18)17-26-12-10-23(11-13-26)22-24-16-21(19-6-4-3-5-7-19)27(22)15-14-25(23)2;2*3-2(4,5)1(6)7/h3-9,16H,10-15,17H2,1-2H3;2*(H,6,7). The van der Waals surface area contributed by atoms with E-state index >= 15 is 0 Å². The Hall–Kier alpha value is -3.85. The van der Waals surface area contributed by atoms with E-state index < -0.39 is 24.3 Å². The molecule has 0 saturated carbocycles. The fourth-order valence-electron chi connectivity index (χ4n) is 4.92. The normalized spacial score (nSPS) is 17.0. The second-order valence-corrected chi connectivity index (χ2v) is 9.83. The highest BCUT2D eigenvalue weighted by atomic mass is 19.4. The zero-order valence-electron chi connectivity index (χ0n) is 22.7. The molecule has 5 rings (SSSR count). The summed E-state index contributed by atoms with van der Waals surface area (Å²) in [5, 5.41) is 14.2. The van der Waals surface area contributed by atoms with Gasteiger partial charge in [0.2, 0.25) is 0 Å². The molecule has 1 aromatic carbocycles. The summed E-state index contributed by atoms with van der Waals surface area (Å²) in [6, 6.07) is 14.8. The molecule has 0 radical (unpaired) electrons. The van der Waals surface area contributed by atoms with E-state index in [2.05, 4.69) is 70.1 Å². The number of aromatic nitrogens is 2. The summed E-state index contributed by atoms with van der Waals surface area (Å²) in [4.78, 5) is 27.8. The Bertz CT molecular complexity index is 1320. The number of halogens is 6. The van der Waals surface area contributed by atoms with Crippen LogP contribution < -0.4 is 0 Å². The Kier molecular flexibility index (Phi) is 10.1. The Morgan fingerprint density at radius 1 is 0.905 bits per heavy atom. The number of carboxylic acid groups (broad SMARTS) is 2. The first-order valence-electron chi connectivity index (χ1n) is 12.7. The average Bonchev–Trinajstić information content (AvgIpc) is 3.54. The van der Waals surface area contributed by atoms with E-state index in [4.69, 9.17) is 29.2 Å². The molecule has 0 aliphatic carbocycles. The van der Waals surface area contributed by atoms with Crippen molar-refractivity contribution in [1.29, 1.82) is 0 Å². The third-order valence-electron chi connectivity index (χ3n) is 7.07. The lowest BCUT2D eigenvalue weighted by molar-refractivity contribution is -0.193. The zero-order chi connectivity index (χ0) is 31.3. The van der Waals surface area contributed by atoms with Gasteiger partial charge in [0.05, 0.1) is 24.0 Å². The van der Waals surface area contributed by atoms with Crippen molar-refractivity contribution in [2.75, 3.05) is 26.7 Å². The van der Waals surface area contributed by atoms with Crippen molar-refractivity contribution in [3.8, 4) is 11.3 Å². The fourth-order valence-corrected chi connectivity index (χ4v) is 4.92. The molecular weight excluding hydrogens is 574 g/mol. The lowest BCUT2D eigenvalue weighted by Gasteiger charge is -2.49. The van der Waals surface area contributed by atoms with Crippen LogP contribution in [0.5, 0.6) is 0 Å². The SMILES string of the molecule is Cc1ccc(CN2CCC3(CC2)c2ncc(-c4ccccc4)n2CCN3C)o1.O=C(O)C(F)(F)F.O=C(O)C(F)(F)F. The number of carbonyl (C=O) groups is 2. The maximum absolute atomic E-state index is 10.6. The molecule has 3 aromatic rings. The molecule has 0 unspecified atom stereocenters. The number of likely N-dealkylation sites (tertiary alicyclic amines) is 1. The monoisotopic (exact) mass is 604 g/mol. The number of fused-ring (bicyclic) bond motifs is 2. The minimum atomic E-state index is -5.08. The Labute approximate surface area is 237 Å². The van der Waals surface area contributed by atoms with E-state index in [1.54, 1.807) is 0 Å². The predicted octanol–water partition coefficient (Wildman–Crippen LogP) is 5.15. The van der Waals surface area contributed by atoms with Gasteiger partial charge in [-0.05, 0) is 44.5 Å². The number of rotatable bonds is 3. The van der Waals surface area contributed by atoms with Crippen LogP contribution in [0.3, 0.4) is 0 Å². The highest BCUT2D eigenvalue weighted by Crippen LogP contribution is 2.41. The van der Waals surface area contributed by atoms with Gasteiger partial charge < -0.3 is 19.2 Å². The van der Waals surface area contributed by atoms with Crippen molar-refractivity contribution < 1.29 is 50.6 Å². The number of alkyl halides is 6. The number of imidazole rings is 1. The molecule has 1 saturated heterocycles. The van der Waals surface area contributed by atoms with E-state index in [9.17, 15) is 26.3 Å². The van der Waals surface area contributed by atoms with E-state index in [0.29, 0.717) is 0 Å². The highest BCUT2D eigenvalue weighted by molar-refractivity contribution is 5.73. The summed E-state index contributed by atoms with van der Waals surface area (Å²) in [5.74, 6) is -2.21. The van der Waals surface area contributed by atoms with Crippen LogP contribution in [-0.2, 0) is 28.2 Å². The molecule has 0 amide bonds. The first kappa shape index (κ1) is 32.7. The Balaban J connectivity index is 0.000000289. The third kappa shape index (κ3) is 7.91. The number of aliphatic carboxylic acids is 2. The van der Waals surface area contributed by atoms with Gasteiger partial charge in [0.1, 0.15) is 17.3 Å². The first-order valence-corrected chi connectivity index (χ1v) is 12.7. The van der Waals surface area contributed by atoms with Gasteiger partial charge in [-0.25, -0.2) is 14.6 Å². The van der Waals surface area contributed by atoms with Gasteiger partial charge in [0, 0.05) is 26.2 Å². The van der Waals surface area contributed by atoms with Gasteiger partial charge in [-0.2, -0.15) is 26.3 Å². The summed E-state index contributed by atoms with van der Waals surface area (Å²) < 4.78 is 71.7. The summed E-state index contributed by atoms with van der Waals surface area (Å²) >= 11 is 0. The van der Waals surface area contributed by atoms with Gasteiger partial charge in [-0.3, -0.25) is 9.80 Å². The lowest BCUT2D eigenvalue weighted by atomic mass is 9.83. The number of aryl methyl sites for hydroxylation is 1. The van der Waals surface area contributed by atoms with Crippen molar-refractivity contribution >= 4 is 11.9 Å². The van der Waals surface area contributed by atoms with Crippen molar-refractivity contribution in [2.24, 2.45) is 0 Å². The van der Waals surface area contributed by atoms with Crippen molar-refractivity contribution in [3.63, 3.8) is 0 Å². The van der Waals surface area contributed by atoms with Gasteiger partial charge in [-0.1, -0.05) is 30.3 Å². The number of hydrogen-bond donors (Lipinski definition) is 2. The van der Waals surface area contributed by atoms with Crippen LogP contribution in [-0.4, -0.2) is 80.5 Å². The largest absolute Gasteiger partial charge is 0.490 e. The molecular formula is C27H30F6N4O5. The van der Waals surface area contributed by atoms with Gasteiger partial charge >= 0.3 is 24.3 Å². The molecule has 42 heavy (non-hydrogen) atoms. The quantitative estimate of drug-likeness (QED) is 0.395. The van der Waals surface area contributed by atoms with Gasteiger partial charge in [0.15, 0.2) is 0 Å². The summed E-state index contributed by atoms with van der Waals surface area (Å²) in [6.07, 6.45) is -5.88. The average molecular weight is 605 g/mol. The third-order valence-corrected chi connectivity index (χ3v) is 7.07. The van der Waals surface area contributed by atoms with Gasteiger partial charge in [-0.15, -0.1) is 0 Å². The van der Waals surface area contributed by atoms with Crippen molar-refractivity contribution in [3.05, 3.63) is 66.0 Å². The summed E-state index contributed by atoms with van der Waals surface area (Å²) in [6.45, 7) is 7.12. The van der Waals surface area contributed by atoms with Crippen LogP contribution >= 0.6 is 0 Å². The van der Waals surface area contributed by atoms with Crippen molar-refractivity contribution in [1.82, 2.24) is 19.4 Å². The number of likely N-dealkylation sites (N-methyl/N-ethyl adjacent to an activating group) is 1. The number of furan rings is 1. The van der Waals surface area contributed by atoms with Crippen LogP contribution in [0.2, 0.25) is 0 Å². The lowest BCUT2D eigenvalue weighted by Crippen LogP contribution is -2.56. The van der Waals surface area contributed by atoms with Crippen LogP contribution in [0, 0.1) is 6.92 Å². The second kappa shape index (κ2) is 13.0. The first-order chi connectivity index (χ1) is 19.5. The molecule has 2 aromatic heterocycles. The van der Waals surface area contributed by atoms with E-state index in [1.807, 2.05) is 6.92 Å². The maximum Gasteiger partial charge on any atom is 0.490 e. The zero-order valence-corrected chi connectivity index (χ0v) is 22.7. The van der Waals surface area contributed by atoms with Crippen molar-refractivity contribution in [2.45, 2.75) is 50.7 Å². The highest BCUT2D eigenvalue weighted by Gasteiger charge is 2.45. The molecule has 2 aliphatic rings. The molecule has 9 nitrogen and oxygen atoms in total. The predicted molar refractivity (Wildman–Crippen MR) is 137 cm³/mol. The molecule has 1 spiro atoms. The number of hydrogen-bond acceptors (Lipinski definition) is 6. The summed E-state index contributed by atoms with van der Waals surface area (Å²) in [7, 11) is 2.27. The fraction of sp³-hybridized carbons (Fsp3) is 0.444. The number of carboxylic acids is 2. The van der Waals surface area contributed by atoms with Crippen LogP contribution in [0.4, 0.5) is 26.3 Å². The minimum Gasteiger partial charge on any atom is -0.475 e. The second-order valence-electron chi connectivity index (χ2n) is 9.83. The minimum absolute atomic E-state index is 0.0425. The molecule has 0 atom stereocenters. The van der Waals surface area contributed by atoms with E-state index in [1.165, 1.54) is 17.1 Å². The van der Waals surface area contributed by atoms with Crippen LogP contribution in [0.1, 0.15) is 30.2 Å². The molecule has 2 N–H and O–H groups in total. The maximum atomic E-state index is 10.6. The number of benzene rings is 1. The molecule has 230 valence electrons. The van der Waals surface area contributed by atoms with E-state index in [-0.39, 0.29) is 5.54 Å². The van der Waals surface area contributed by atoms with Crippen LogP contribution in [0.25, 0.3) is 11.3 Å². The number of piperidine rings is 1. The smallest absolute Gasteiger partial charge is 0.475 e. The van der Waals surface area contributed by atoms with E-state index in [0.717, 1.165) is 57.1 Å². The Morgan fingerprint density at radius 3 is 1.93 bits per heavy atom. The van der Waals surface area contributed by atoms with Crippen LogP contribution in [0.15, 0.2) is 53.1 Å². The molecule has 2 aliphatic heterocycles. The number of nitrogens with zero attached hydrogens (tertiary/aromatic N) is 4. The molecule has 4 heterocycles. The molecule has 1 fully saturated rings.